The molecule has 0 unspecified atom stereocenters. The zero-order valence-corrected chi connectivity index (χ0v) is 19.0. The van der Waals surface area contributed by atoms with E-state index in [-0.39, 0.29) is 29.4 Å². The maximum Gasteiger partial charge on any atom is 0.263 e. The second-order valence-corrected chi connectivity index (χ2v) is 10.7. The molecule has 5 nitrogen and oxygen atoms in total. The lowest BCUT2D eigenvalue weighted by atomic mass is 10.0. The summed E-state index contributed by atoms with van der Waals surface area (Å²) in [5.41, 5.74) is 3.09. The average molecular weight is 430 g/mol. The van der Waals surface area contributed by atoms with Crippen molar-refractivity contribution < 1.29 is 17.9 Å². The van der Waals surface area contributed by atoms with E-state index >= 15 is 0 Å². The third-order valence-corrected chi connectivity index (χ3v) is 7.32. The van der Waals surface area contributed by atoms with Gasteiger partial charge in [-0.15, -0.1) is 0 Å². The zero-order chi connectivity index (χ0) is 21.9. The van der Waals surface area contributed by atoms with Crippen molar-refractivity contribution in [2.45, 2.75) is 58.7 Å². The van der Waals surface area contributed by atoms with Gasteiger partial charge in [-0.25, -0.2) is 8.42 Å². The maximum atomic E-state index is 13.4. The minimum Gasteiger partial charge on any atom is -0.481 e. The number of benzene rings is 2. The van der Waals surface area contributed by atoms with Crippen LogP contribution in [0.4, 0.5) is 0 Å². The van der Waals surface area contributed by atoms with Gasteiger partial charge < -0.3 is 9.64 Å². The topological polar surface area (TPSA) is 63.7 Å². The van der Waals surface area contributed by atoms with E-state index in [1.54, 1.807) is 11.8 Å². The number of hydrogen-bond donors (Lipinski definition) is 0. The third kappa shape index (κ3) is 5.42. The summed E-state index contributed by atoms with van der Waals surface area (Å²) >= 11 is 0. The van der Waals surface area contributed by atoms with Gasteiger partial charge in [-0.2, -0.15) is 0 Å². The normalized spacial score (nSPS) is 18.9. The first-order valence-electron chi connectivity index (χ1n) is 10.5. The van der Waals surface area contributed by atoms with Crippen LogP contribution in [0.15, 0.2) is 48.5 Å². The van der Waals surface area contributed by atoms with Gasteiger partial charge >= 0.3 is 0 Å². The Morgan fingerprint density at radius 2 is 1.83 bits per heavy atom. The predicted octanol–water partition coefficient (Wildman–Crippen LogP) is 4.10. The number of nitrogens with zero attached hydrogens (tertiary/aromatic N) is 1. The minimum absolute atomic E-state index is 0.0139. The number of sulfone groups is 1. The second-order valence-electron chi connectivity index (χ2n) is 8.46. The Hall–Kier alpha value is -2.34. The van der Waals surface area contributed by atoms with Gasteiger partial charge in [0.05, 0.1) is 11.5 Å². The highest BCUT2D eigenvalue weighted by Gasteiger charge is 2.36. The number of amides is 1. The van der Waals surface area contributed by atoms with E-state index in [9.17, 15) is 13.2 Å². The van der Waals surface area contributed by atoms with E-state index in [2.05, 4.69) is 13.8 Å². The first-order valence-corrected chi connectivity index (χ1v) is 12.3. The first-order chi connectivity index (χ1) is 14.2. The zero-order valence-electron chi connectivity index (χ0n) is 18.2. The maximum absolute atomic E-state index is 13.4. The molecule has 0 bridgehead atoms. The summed E-state index contributed by atoms with van der Waals surface area (Å²) in [7, 11) is -3.11. The van der Waals surface area contributed by atoms with Crippen LogP contribution in [0.25, 0.3) is 0 Å². The van der Waals surface area contributed by atoms with Crippen molar-refractivity contribution in [2.24, 2.45) is 0 Å². The van der Waals surface area contributed by atoms with Gasteiger partial charge in [-0.1, -0.05) is 56.3 Å². The molecule has 162 valence electrons. The molecule has 0 aliphatic carbocycles. The second kappa shape index (κ2) is 9.21. The Morgan fingerprint density at radius 1 is 1.13 bits per heavy atom. The Morgan fingerprint density at radius 3 is 2.43 bits per heavy atom. The summed E-state index contributed by atoms with van der Waals surface area (Å²) in [5, 5.41) is 0. The molecular formula is C24H31NO4S. The van der Waals surface area contributed by atoms with Crippen molar-refractivity contribution in [2.75, 3.05) is 11.5 Å². The average Bonchev–Trinajstić information content (AvgIpc) is 3.05. The van der Waals surface area contributed by atoms with E-state index in [1.165, 1.54) is 0 Å². The Balaban J connectivity index is 1.84. The number of aryl methyl sites for hydroxylation is 1. The summed E-state index contributed by atoms with van der Waals surface area (Å²) in [6.07, 6.45) is -0.244. The molecule has 0 N–H and O–H groups in total. The highest BCUT2D eigenvalue weighted by atomic mass is 32.2. The summed E-state index contributed by atoms with van der Waals surface area (Å²) < 4.78 is 30.3. The monoisotopic (exact) mass is 429 g/mol. The summed E-state index contributed by atoms with van der Waals surface area (Å²) in [6.45, 7) is 8.30. The van der Waals surface area contributed by atoms with Gasteiger partial charge in [0.25, 0.3) is 5.91 Å². The van der Waals surface area contributed by atoms with Crippen molar-refractivity contribution in [3.63, 3.8) is 0 Å². The Kier molecular flexibility index (Phi) is 6.86. The van der Waals surface area contributed by atoms with E-state index in [1.807, 2.05) is 55.5 Å². The number of carbonyl (C=O) groups is 1. The van der Waals surface area contributed by atoms with Gasteiger partial charge in [0.1, 0.15) is 5.75 Å². The van der Waals surface area contributed by atoms with Crippen LogP contribution in [0.5, 0.6) is 5.75 Å². The van der Waals surface area contributed by atoms with Crippen LogP contribution in [-0.4, -0.2) is 42.9 Å². The highest BCUT2D eigenvalue weighted by Crippen LogP contribution is 2.29. The van der Waals surface area contributed by atoms with Gasteiger partial charge in [0.2, 0.25) is 0 Å². The van der Waals surface area contributed by atoms with Crippen LogP contribution >= 0.6 is 0 Å². The van der Waals surface area contributed by atoms with Crippen LogP contribution in [-0.2, 0) is 21.2 Å². The summed E-state index contributed by atoms with van der Waals surface area (Å²) in [4.78, 5) is 15.1. The molecule has 1 aliphatic rings. The van der Waals surface area contributed by atoms with E-state index in [0.29, 0.717) is 18.7 Å². The standard InChI is InChI=1S/C24H31NO4S/c1-17(2)22-11-10-18(3)14-23(22)29-19(4)24(26)25(15-20-8-6-5-7-9-20)21-12-13-30(27,28)16-21/h5-11,14,17,19,21H,12-13,15-16H2,1-4H3/t19-,21+/m0/s1. The fraction of sp³-hybridized carbons (Fsp3) is 0.458. The van der Waals surface area contributed by atoms with E-state index in [0.717, 1.165) is 16.7 Å². The quantitative estimate of drug-likeness (QED) is 0.665. The molecule has 1 heterocycles. The molecule has 3 rings (SSSR count). The molecule has 0 radical (unpaired) electrons. The molecular weight excluding hydrogens is 398 g/mol. The first kappa shape index (κ1) is 22.3. The molecule has 30 heavy (non-hydrogen) atoms. The van der Waals surface area contributed by atoms with Gasteiger partial charge in [0.15, 0.2) is 15.9 Å². The fourth-order valence-corrected chi connectivity index (χ4v) is 5.61. The largest absolute Gasteiger partial charge is 0.481 e. The van der Waals surface area contributed by atoms with E-state index < -0.39 is 15.9 Å². The van der Waals surface area contributed by atoms with Gasteiger partial charge in [-0.3, -0.25) is 4.79 Å². The highest BCUT2D eigenvalue weighted by molar-refractivity contribution is 7.91. The molecule has 0 aromatic heterocycles. The van der Waals surface area contributed by atoms with Crippen LogP contribution in [0, 0.1) is 6.92 Å². The summed E-state index contributed by atoms with van der Waals surface area (Å²) in [5.74, 6) is 0.936. The minimum atomic E-state index is -3.11. The molecule has 1 fully saturated rings. The van der Waals surface area contributed by atoms with Crippen molar-refractivity contribution >= 4 is 15.7 Å². The molecule has 0 spiro atoms. The lowest BCUT2D eigenvalue weighted by Gasteiger charge is -2.31. The fourth-order valence-electron chi connectivity index (χ4n) is 3.88. The summed E-state index contributed by atoms with van der Waals surface area (Å²) in [6, 6.07) is 15.4. The van der Waals surface area contributed by atoms with Crippen molar-refractivity contribution in [3.05, 3.63) is 65.2 Å². The predicted molar refractivity (Wildman–Crippen MR) is 119 cm³/mol. The third-order valence-electron chi connectivity index (χ3n) is 5.57. The molecule has 1 saturated heterocycles. The van der Waals surface area contributed by atoms with Gasteiger partial charge in [-0.05, 0) is 48.9 Å². The lowest BCUT2D eigenvalue weighted by molar-refractivity contribution is -0.140. The molecule has 2 aromatic carbocycles. The van der Waals surface area contributed by atoms with Gasteiger partial charge in [0, 0.05) is 12.6 Å². The lowest BCUT2D eigenvalue weighted by Crippen LogP contribution is -2.46. The number of hydrogen-bond acceptors (Lipinski definition) is 4. The Labute approximate surface area is 180 Å². The molecule has 6 heteroatoms. The molecule has 0 saturated carbocycles. The molecule has 2 aromatic rings. The Bertz CT molecular complexity index is 986. The van der Waals surface area contributed by atoms with Crippen molar-refractivity contribution in [1.29, 1.82) is 0 Å². The number of carbonyl (C=O) groups excluding carboxylic acids is 1. The number of rotatable bonds is 7. The van der Waals surface area contributed by atoms with Crippen LogP contribution in [0.3, 0.4) is 0 Å². The molecule has 2 atom stereocenters. The smallest absolute Gasteiger partial charge is 0.263 e. The van der Waals surface area contributed by atoms with E-state index in [4.69, 9.17) is 4.74 Å². The van der Waals surface area contributed by atoms with Crippen LogP contribution < -0.4 is 4.74 Å². The van der Waals surface area contributed by atoms with Crippen molar-refractivity contribution in [1.82, 2.24) is 4.90 Å². The number of ether oxygens (including phenoxy) is 1. The van der Waals surface area contributed by atoms with Crippen LogP contribution in [0.2, 0.25) is 0 Å². The SMILES string of the molecule is Cc1ccc(C(C)C)c(O[C@@H](C)C(=O)N(Cc2ccccc2)[C@@H]2CCS(=O)(=O)C2)c1. The van der Waals surface area contributed by atoms with Crippen LogP contribution in [0.1, 0.15) is 49.8 Å². The molecule has 1 aliphatic heterocycles. The van der Waals surface area contributed by atoms with Crippen molar-refractivity contribution in [3.8, 4) is 5.75 Å². The molecule has 1 amide bonds.